The zero-order valence-corrected chi connectivity index (χ0v) is 15.0. The Morgan fingerprint density at radius 3 is 2.12 bits per heavy atom. The summed E-state index contributed by atoms with van der Waals surface area (Å²) in [6.07, 6.45) is 0.464. The van der Waals surface area contributed by atoms with Gasteiger partial charge in [-0.25, -0.2) is 0 Å². The monoisotopic (exact) mass is 358 g/mol. The molecule has 5 heteroatoms. The van der Waals surface area contributed by atoms with Gasteiger partial charge in [0, 0.05) is 45.3 Å². The number of carbonyl (C=O) groups excluding carboxylic acids is 2. The topological polar surface area (TPSA) is 43.4 Å². The Balaban J connectivity index is 1.61. The Hall–Kier alpha value is -1.72. The molecule has 0 bridgehead atoms. The molecule has 0 saturated heterocycles. The number of hydrogen-bond acceptors (Lipinski definition) is 5. The highest BCUT2D eigenvalue weighted by atomic mass is 32.2. The predicted molar refractivity (Wildman–Crippen MR) is 98.8 cm³/mol. The first-order valence-electron chi connectivity index (χ1n) is 7.77. The van der Waals surface area contributed by atoms with Gasteiger partial charge in [-0.1, -0.05) is 6.07 Å². The zero-order chi connectivity index (χ0) is 16.9. The highest BCUT2D eigenvalue weighted by Crippen LogP contribution is 2.37. The van der Waals surface area contributed by atoms with Crippen LogP contribution in [0.4, 0.5) is 0 Å². The standard InChI is InChI=1S/C19H18O3S2/c1-22-15-5-2-13(3-6-15)16(20)7-8-17(21)14-4-9-18-19(12-14)24-11-10-23-18/h2-6,9,12H,7-8,10-11H2,1H3. The maximum Gasteiger partial charge on any atom is 0.163 e. The van der Waals surface area contributed by atoms with E-state index in [1.54, 1.807) is 43.1 Å². The van der Waals surface area contributed by atoms with E-state index in [0.29, 0.717) is 16.9 Å². The van der Waals surface area contributed by atoms with E-state index >= 15 is 0 Å². The molecule has 24 heavy (non-hydrogen) atoms. The molecule has 0 aliphatic carbocycles. The van der Waals surface area contributed by atoms with Crippen molar-refractivity contribution in [2.75, 3.05) is 18.6 Å². The molecule has 0 unspecified atom stereocenters. The average Bonchev–Trinajstić information content (AvgIpc) is 2.65. The number of ether oxygens (including phenoxy) is 1. The minimum absolute atomic E-state index is 0.0195. The van der Waals surface area contributed by atoms with E-state index in [0.717, 1.165) is 11.5 Å². The summed E-state index contributed by atoms with van der Waals surface area (Å²) in [4.78, 5) is 27.0. The first-order chi connectivity index (χ1) is 11.7. The summed E-state index contributed by atoms with van der Waals surface area (Å²) in [6.45, 7) is 0. The summed E-state index contributed by atoms with van der Waals surface area (Å²) in [7, 11) is 1.59. The largest absolute Gasteiger partial charge is 0.497 e. The average molecular weight is 358 g/mol. The van der Waals surface area contributed by atoms with Gasteiger partial charge >= 0.3 is 0 Å². The second-order valence-corrected chi connectivity index (χ2v) is 7.71. The number of carbonyl (C=O) groups is 2. The van der Waals surface area contributed by atoms with Crippen LogP contribution in [-0.4, -0.2) is 30.2 Å². The number of rotatable bonds is 6. The Labute approximate surface area is 150 Å². The number of methoxy groups -OCH3 is 1. The molecule has 1 heterocycles. The van der Waals surface area contributed by atoms with Crippen LogP contribution >= 0.6 is 23.5 Å². The predicted octanol–water partition coefficient (Wildman–Crippen LogP) is 4.74. The molecule has 0 N–H and O–H groups in total. The highest BCUT2D eigenvalue weighted by molar-refractivity contribution is 8.05. The molecule has 2 aromatic rings. The maximum atomic E-state index is 12.4. The van der Waals surface area contributed by atoms with Gasteiger partial charge < -0.3 is 4.74 Å². The van der Waals surface area contributed by atoms with Crippen molar-refractivity contribution < 1.29 is 14.3 Å². The lowest BCUT2D eigenvalue weighted by Crippen LogP contribution is -2.06. The van der Waals surface area contributed by atoms with Crippen molar-refractivity contribution in [2.45, 2.75) is 22.6 Å². The molecule has 2 aromatic carbocycles. The highest BCUT2D eigenvalue weighted by Gasteiger charge is 2.15. The van der Waals surface area contributed by atoms with Crippen LogP contribution in [0, 0.1) is 0 Å². The number of benzene rings is 2. The van der Waals surface area contributed by atoms with Crippen LogP contribution < -0.4 is 4.74 Å². The lowest BCUT2D eigenvalue weighted by atomic mass is 10.0. The molecule has 0 atom stereocenters. The molecule has 3 rings (SSSR count). The lowest BCUT2D eigenvalue weighted by Gasteiger charge is -2.15. The Kier molecular flexibility index (Phi) is 5.63. The SMILES string of the molecule is COc1ccc(C(=O)CCC(=O)c2ccc3c(c2)SCCS3)cc1. The molecular formula is C19H18O3S2. The molecule has 3 nitrogen and oxygen atoms in total. The fourth-order valence-corrected chi connectivity index (χ4v) is 4.76. The molecule has 0 saturated carbocycles. The molecule has 1 aliphatic rings. The zero-order valence-electron chi connectivity index (χ0n) is 13.4. The maximum absolute atomic E-state index is 12.4. The first kappa shape index (κ1) is 17.1. The van der Waals surface area contributed by atoms with E-state index in [9.17, 15) is 9.59 Å². The summed E-state index contributed by atoms with van der Waals surface area (Å²) < 4.78 is 5.08. The number of thioether (sulfide) groups is 2. The van der Waals surface area contributed by atoms with Gasteiger partial charge in [0.25, 0.3) is 0 Å². The van der Waals surface area contributed by atoms with Crippen LogP contribution in [0.2, 0.25) is 0 Å². The van der Waals surface area contributed by atoms with Crippen LogP contribution in [0.15, 0.2) is 52.3 Å². The van der Waals surface area contributed by atoms with Gasteiger partial charge in [0.2, 0.25) is 0 Å². The van der Waals surface area contributed by atoms with Crippen molar-refractivity contribution in [2.24, 2.45) is 0 Å². The van der Waals surface area contributed by atoms with Crippen molar-refractivity contribution in [3.8, 4) is 5.75 Å². The van der Waals surface area contributed by atoms with Gasteiger partial charge in [0.15, 0.2) is 11.6 Å². The third kappa shape index (κ3) is 4.02. The molecule has 0 aromatic heterocycles. The molecular weight excluding hydrogens is 340 g/mol. The van der Waals surface area contributed by atoms with Gasteiger partial charge in [-0.2, -0.15) is 0 Å². The lowest BCUT2D eigenvalue weighted by molar-refractivity contribution is 0.0917. The molecule has 0 amide bonds. The first-order valence-corrected chi connectivity index (χ1v) is 9.74. The molecule has 0 spiro atoms. The summed E-state index contributed by atoms with van der Waals surface area (Å²) in [5, 5.41) is 0. The molecule has 0 radical (unpaired) electrons. The third-order valence-corrected chi connectivity index (χ3v) is 6.38. The minimum atomic E-state index is -0.0195. The van der Waals surface area contributed by atoms with Crippen LogP contribution in [0.25, 0.3) is 0 Å². The molecule has 1 aliphatic heterocycles. The molecule has 0 fully saturated rings. The van der Waals surface area contributed by atoms with E-state index in [-0.39, 0.29) is 24.4 Å². The smallest absolute Gasteiger partial charge is 0.163 e. The van der Waals surface area contributed by atoms with Crippen molar-refractivity contribution in [1.82, 2.24) is 0 Å². The summed E-state index contributed by atoms with van der Waals surface area (Å²) in [6, 6.07) is 12.8. The van der Waals surface area contributed by atoms with Crippen LogP contribution in [0.3, 0.4) is 0 Å². The number of ketones is 2. The van der Waals surface area contributed by atoms with E-state index in [1.807, 2.05) is 30.0 Å². The van der Waals surface area contributed by atoms with E-state index in [1.165, 1.54) is 9.79 Å². The summed E-state index contributed by atoms with van der Waals surface area (Å²) >= 11 is 3.62. The van der Waals surface area contributed by atoms with Crippen molar-refractivity contribution in [3.63, 3.8) is 0 Å². The Bertz CT molecular complexity index is 754. The third-order valence-electron chi connectivity index (χ3n) is 3.86. The van der Waals surface area contributed by atoms with Crippen molar-refractivity contribution >= 4 is 35.1 Å². The van der Waals surface area contributed by atoms with E-state index in [2.05, 4.69) is 0 Å². The normalized spacial score (nSPS) is 13.2. The van der Waals surface area contributed by atoms with E-state index < -0.39 is 0 Å². The Morgan fingerprint density at radius 1 is 0.875 bits per heavy atom. The van der Waals surface area contributed by atoms with Gasteiger partial charge in [-0.15, -0.1) is 23.5 Å². The van der Waals surface area contributed by atoms with Crippen molar-refractivity contribution in [1.29, 1.82) is 0 Å². The number of fused-ring (bicyclic) bond motifs is 1. The summed E-state index contributed by atoms with van der Waals surface area (Å²) in [5.74, 6) is 2.91. The summed E-state index contributed by atoms with van der Waals surface area (Å²) in [5.41, 5.74) is 1.31. The minimum Gasteiger partial charge on any atom is -0.497 e. The van der Waals surface area contributed by atoms with Crippen molar-refractivity contribution in [3.05, 3.63) is 53.6 Å². The van der Waals surface area contributed by atoms with Gasteiger partial charge in [0.05, 0.1) is 7.11 Å². The van der Waals surface area contributed by atoms with Crippen LogP contribution in [0.1, 0.15) is 33.6 Å². The fraction of sp³-hybridized carbons (Fsp3) is 0.263. The van der Waals surface area contributed by atoms with E-state index in [4.69, 9.17) is 4.74 Å². The number of hydrogen-bond donors (Lipinski definition) is 0. The Morgan fingerprint density at radius 2 is 1.46 bits per heavy atom. The van der Waals surface area contributed by atoms with Crippen LogP contribution in [-0.2, 0) is 0 Å². The second-order valence-electron chi connectivity index (χ2n) is 5.43. The second kappa shape index (κ2) is 7.90. The fourth-order valence-electron chi connectivity index (χ4n) is 2.51. The molecule has 124 valence electrons. The quantitative estimate of drug-likeness (QED) is 0.698. The van der Waals surface area contributed by atoms with Crippen LogP contribution in [0.5, 0.6) is 5.75 Å². The van der Waals surface area contributed by atoms with Gasteiger partial charge in [0.1, 0.15) is 5.75 Å². The van der Waals surface area contributed by atoms with Gasteiger partial charge in [-0.05, 0) is 36.4 Å². The number of Topliss-reactive ketones (excluding diaryl/α,β-unsaturated/α-hetero) is 2. The van der Waals surface area contributed by atoms with Gasteiger partial charge in [-0.3, -0.25) is 9.59 Å².